The van der Waals surface area contributed by atoms with E-state index in [1.54, 1.807) is 12.1 Å². The summed E-state index contributed by atoms with van der Waals surface area (Å²) in [6, 6.07) is 9.03. The van der Waals surface area contributed by atoms with Crippen LogP contribution >= 0.6 is 15.6 Å². The number of hydrogen-bond donors (Lipinski definition) is 9. The van der Waals surface area contributed by atoms with Crippen molar-refractivity contribution < 1.29 is 107 Å². The van der Waals surface area contributed by atoms with Gasteiger partial charge in [0.1, 0.15) is 40.8 Å². The first-order valence-corrected chi connectivity index (χ1v) is 34.9. The van der Waals surface area contributed by atoms with E-state index in [0.29, 0.717) is 77.3 Å². The lowest BCUT2D eigenvalue weighted by Gasteiger charge is -2.27. The summed E-state index contributed by atoms with van der Waals surface area (Å²) < 4.78 is 132. The van der Waals surface area contributed by atoms with Crippen LogP contribution in [0.15, 0.2) is 93.3 Å². The number of unbranched alkanes of at least 4 members (excludes halogenated alkanes) is 2. The summed E-state index contributed by atoms with van der Waals surface area (Å²) in [6.45, 7) is 12.8. The molecule has 4 atom stereocenters. The van der Waals surface area contributed by atoms with Crippen molar-refractivity contribution >= 4 is 70.6 Å². The number of carbonyl (C=O) groups excluding carboxylic acids is 2. The molecule has 3 aliphatic heterocycles. The monoisotopic (exact) mass is 1350 g/mol. The average molecular weight is 1350 g/mol. The molecule has 90 heavy (non-hydrogen) atoms. The second kappa shape index (κ2) is 32.4. The Morgan fingerprint density at radius 1 is 0.800 bits per heavy atom. The van der Waals surface area contributed by atoms with Gasteiger partial charge < -0.3 is 74.2 Å². The summed E-state index contributed by atoms with van der Waals surface area (Å²) in [6.07, 6.45) is 6.60. The molecule has 30 nitrogen and oxygen atoms in total. The zero-order chi connectivity index (χ0) is 66.2. The highest BCUT2D eigenvalue weighted by molar-refractivity contribution is 7.86. The number of phosphoric ester groups is 2. The maximum absolute atomic E-state index is 12.7. The van der Waals surface area contributed by atoms with Crippen LogP contribution in [0.2, 0.25) is 0 Å². The first kappa shape index (κ1) is 73.6. The minimum atomic E-state index is -5.27. The minimum absolute atomic E-state index is 0.0543. The number of nitrogens with zero attached hydrogens (tertiary/aromatic N) is 4. The Morgan fingerprint density at radius 2 is 1.42 bits per heavy atom. The van der Waals surface area contributed by atoms with Crippen molar-refractivity contribution in [3.05, 3.63) is 106 Å². The summed E-state index contributed by atoms with van der Waals surface area (Å²) in [4.78, 5) is 79.9. The van der Waals surface area contributed by atoms with E-state index in [9.17, 15) is 64.3 Å². The van der Waals surface area contributed by atoms with Gasteiger partial charge in [0.15, 0.2) is 11.9 Å². The topological polar surface area (TPSA) is 437 Å². The number of nitrogens with two attached hydrogens (primary N) is 1. The number of carbonyl (C=O) groups is 2. The zero-order valence-electron chi connectivity index (χ0n) is 50.6. The van der Waals surface area contributed by atoms with Gasteiger partial charge in [-0.3, -0.25) is 27.8 Å². The number of fused-ring (bicyclic) bond motifs is 2. The fourth-order valence-corrected chi connectivity index (χ4v) is 12.5. The predicted molar refractivity (Wildman–Crippen MR) is 324 cm³/mol. The van der Waals surface area contributed by atoms with Crippen LogP contribution in [0.4, 0.5) is 17.2 Å². The number of nitrogens with one attached hydrogen (secondary N) is 2. The molecule has 1 unspecified atom stereocenters. The zero-order valence-corrected chi connectivity index (χ0v) is 54.0. The third-order valence-corrected chi connectivity index (χ3v) is 17.7. The number of anilines is 2. The maximum atomic E-state index is 12.7. The molecule has 4 heterocycles. The lowest BCUT2D eigenvalue weighted by atomic mass is 9.81. The van der Waals surface area contributed by atoms with E-state index in [0.717, 1.165) is 39.3 Å². The molecule has 500 valence electrons. The summed E-state index contributed by atoms with van der Waals surface area (Å²) in [7, 11) is -19.4. The highest BCUT2D eigenvalue weighted by Crippen LogP contribution is 2.49. The number of ether oxygens (including phenoxy) is 5. The van der Waals surface area contributed by atoms with E-state index < -0.39 is 83.5 Å². The number of aryl methyl sites for hydroxylation is 1. The third kappa shape index (κ3) is 20.8. The van der Waals surface area contributed by atoms with Crippen molar-refractivity contribution in [1.29, 1.82) is 0 Å². The molecule has 2 amide bonds. The number of allylic oxidation sites excluding steroid dienone is 6. The molecule has 1 aromatic heterocycles. The highest BCUT2D eigenvalue weighted by Gasteiger charge is 2.50. The van der Waals surface area contributed by atoms with E-state index >= 15 is 0 Å². The fraction of sp³-hybridized carbons (Fsp3) is 0.554. The predicted octanol–water partition coefficient (Wildman–Crippen LogP) is 2.89. The average Bonchev–Trinajstić information content (AvgIpc) is 1.88. The molecule has 0 aliphatic carbocycles. The van der Waals surface area contributed by atoms with Crippen molar-refractivity contribution in [1.82, 2.24) is 20.2 Å². The normalized spacial score (nSPS) is 19.6. The number of benzene rings is 2. The van der Waals surface area contributed by atoms with E-state index in [1.165, 1.54) is 30.5 Å². The largest absolute Gasteiger partial charge is 0.744 e. The molecule has 1 saturated heterocycles. The SMILES string of the molecule is CC[N+]1=C(/C=C/C=C/C=C2/N(CCCCCC(=O)NCCOCCOCCOCCOCCC(=O)NCCCc3cn([C@@H]4O[C@H](COP(=O)(O)O)[C@H](OP(=O)(O)O)C4O)c(=O)nc3N)c3ccc(S(=O)(=O)[O-])cc3C2(C)C)C(C)(C)c2cc(S(=O)(=O)O)ccc21. The van der Waals surface area contributed by atoms with Crippen LogP contribution in [0, 0.1) is 0 Å². The Morgan fingerprint density at radius 3 is 2.06 bits per heavy atom. The summed E-state index contributed by atoms with van der Waals surface area (Å²) >= 11 is 0. The van der Waals surface area contributed by atoms with Gasteiger partial charge >= 0.3 is 21.3 Å². The van der Waals surface area contributed by atoms with E-state index in [2.05, 4.69) is 34.1 Å². The molecule has 3 aliphatic rings. The number of rotatable bonds is 37. The highest BCUT2D eigenvalue weighted by atomic mass is 32.2. The van der Waals surface area contributed by atoms with Crippen LogP contribution < -0.4 is 27.0 Å². The molecular formula is C56H81N7O23P2S2. The number of aliphatic hydroxyl groups is 1. The summed E-state index contributed by atoms with van der Waals surface area (Å²) in [5, 5.41) is 16.4. The number of aliphatic hydroxyl groups excluding tert-OH is 1. The van der Waals surface area contributed by atoms with E-state index in [4.69, 9.17) is 39.2 Å². The molecule has 0 spiro atoms. The van der Waals surface area contributed by atoms with Crippen LogP contribution in [0.3, 0.4) is 0 Å². The lowest BCUT2D eigenvalue weighted by Crippen LogP contribution is -2.38. The van der Waals surface area contributed by atoms with Crippen LogP contribution in [0.1, 0.15) is 96.1 Å². The third-order valence-electron chi connectivity index (χ3n) is 15.1. The van der Waals surface area contributed by atoms with Crippen molar-refractivity contribution in [2.45, 2.75) is 125 Å². The molecule has 34 heteroatoms. The van der Waals surface area contributed by atoms with Gasteiger partial charge in [-0.1, -0.05) is 38.5 Å². The number of hydrogen-bond acceptors (Lipinski definition) is 21. The molecule has 0 bridgehead atoms. The van der Waals surface area contributed by atoms with E-state index in [-0.39, 0.29) is 78.8 Å². The molecule has 6 rings (SSSR count). The number of amides is 2. The molecule has 0 saturated carbocycles. The lowest BCUT2D eigenvalue weighted by molar-refractivity contribution is -0.433. The molecular weight excluding hydrogens is 1260 g/mol. The number of nitrogen functional groups attached to an aromatic ring is 1. The quantitative estimate of drug-likeness (QED) is 0.0132. The first-order valence-electron chi connectivity index (χ1n) is 28.9. The van der Waals surface area contributed by atoms with Crippen molar-refractivity contribution in [2.24, 2.45) is 0 Å². The van der Waals surface area contributed by atoms with Gasteiger partial charge in [-0.25, -0.2) is 22.3 Å². The van der Waals surface area contributed by atoms with Gasteiger partial charge in [0.2, 0.25) is 17.5 Å². The smallest absolute Gasteiger partial charge is 0.470 e. The van der Waals surface area contributed by atoms with Crippen LogP contribution in [-0.4, -0.2) is 186 Å². The Hall–Kier alpha value is -5.45. The van der Waals surface area contributed by atoms with Gasteiger partial charge in [0.05, 0.1) is 74.7 Å². The fourth-order valence-electron chi connectivity index (χ4n) is 10.6. The molecule has 2 aromatic carbocycles. The van der Waals surface area contributed by atoms with Crippen molar-refractivity contribution in [2.75, 3.05) is 96.3 Å². The van der Waals surface area contributed by atoms with Gasteiger partial charge in [0.25, 0.3) is 10.1 Å². The molecule has 10 N–H and O–H groups in total. The molecule has 3 aromatic rings. The maximum Gasteiger partial charge on any atom is 0.470 e. The minimum Gasteiger partial charge on any atom is -0.744 e. The van der Waals surface area contributed by atoms with Gasteiger partial charge in [-0.15, -0.1) is 0 Å². The van der Waals surface area contributed by atoms with Crippen molar-refractivity contribution in [3.8, 4) is 0 Å². The molecule has 1 fully saturated rings. The Kier molecular flexibility index (Phi) is 26.5. The first-order chi connectivity index (χ1) is 42.2. The number of aromatic nitrogens is 2. The van der Waals surface area contributed by atoms with Crippen LogP contribution in [-0.2, 0) is 88.9 Å². The standard InChI is InChI=1S/C56H81N7O23P2S2/c1-6-61-43-20-18-39(89(74,75)76)34-41(43)55(2,3)46(61)15-9-7-10-16-47-56(4,5)42-35-40(90(77,78)79)19-21-44(42)62(47)25-12-8-11-17-48(64)59-24-27-81-29-31-83-33-32-82-30-28-80-26-22-49(65)58-23-13-14-38-36-63(54(67)60-52(38)57)53-50(66)51(86-88(71,72)73)45(85-53)37-84-87(68,69)70/h7,9-10,15-16,18-21,34-36,45,50-51,53,66H,6,8,11-14,17,22-33,37H2,1-5H3,(H9-,57,58,59,60,64,65,67,68,69,70,71,72,73,74,75,76,77,78,79)/t45-,50?,51+,53-/m1/s1. The number of phosphoric acid groups is 2. The van der Waals surface area contributed by atoms with E-state index in [1.807, 2.05) is 65.0 Å². The summed E-state index contributed by atoms with van der Waals surface area (Å²) in [5.41, 5.74) is 8.89. The van der Waals surface area contributed by atoms with Gasteiger partial charge in [-0.2, -0.15) is 18.0 Å². The Labute approximate surface area is 522 Å². The summed E-state index contributed by atoms with van der Waals surface area (Å²) in [5.74, 6) is -0.582. The van der Waals surface area contributed by atoms with Crippen molar-refractivity contribution in [3.63, 3.8) is 0 Å². The van der Waals surface area contributed by atoms with Gasteiger partial charge in [0, 0.05) is 78.7 Å². The van der Waals surface area contributed by atoms with Crippen LogP contribution in [0.5, 0.6) is 0 Å². The Bertz CT molecular complexity index is 3530. The Balaban J connectivity index is 0.806. The molecule has 0 radical (unpaired) electrons. The van der Waals surface area contributed by atoms with Gasteiger partial charge in [-0.05, 0) is 88.4 Å². The second-order valence-corrected chi connectivity index (χ2v) is 27.4. The van der Waals surface area contributed by atoms with Crippen LogP contribution in [0.25, 0.3) is 0 Å². The second-order valence-electron chi connectivity index (χ2n) is 22.2.